The van der Waals surface area contributed by atoms with Crippen LogP contribution in [0.2, 0.25) is 0 Å². The van der Waals surface area contributed by atoms with Crippen LogP contribution in [0.3, 0.4) is 0 Å². The summed E-state index contributed by atoms with van der Waals surface area (Å²) in [5.41, 5.74) is 2.33. The van der Waals surface area contributed by atoms with Gasteiger partial charge < -0.3 is 25.2 Å². The summed E-state index contributed by atoms with van der Waals surface area (Å²) in [5.74, 6) is -2.01. The van der Waals surface area contributed by atoms with Crippen molar-refractivity contribution >= 4 is 18.0 Å². The molecule has 0 saturated carbocycles. The first-order valence-electron chi connectivity index (χ1n) is 11.5. The molecule has 0 spiro atoms. The molecule has 0 radical (unpaired) electrons. The number of carbonyl (C=O) groups excluding carboxylic acids is 3. The molecule has 8 heteroatoms. The van der Waals surface area contributed by atoms with E-state index in [0.29, 0.717) is 0 Å². The third-order valence-corrected chi connectivity index (χ3v) is 5.65. The number of carbonyl (C=O) groups is 3. The Bertz CT molecular complexity index is 1080. The van der Waals surface area contributed by atoms with Gasteiger partial charge in [0.1, 0.15) is 18.7 Å². The number of amides is 2. The molecule has 3 aromatic carbocycles. The molecule has 3 rings (SSSR count). The number of hydrogen-bond acceptors (Lipinski definition) is 6. The molecule has 0 heterocycles. The summed E-state index contributed by atoms with van der Waals surface area (Å²) in [4.78, 5) is 38.5. The van der Waals surface area contributed by atoms with Crippen LogP contribution in [0.5, 0.6) is 0 Å². The molecule has 0 saturated heterocycles. The fourth-order valence-corrected chi connectivity index (χ4v) is 3.84. The van der Waals surface area contributed by atoms with Gasteiger partial charge in [0.25, 0.3) is 0 Å². The summed E-state index contributed by atoms with van der Waals surface area (Å²) in [6, 6.07) is 25.0. The van der Waals surface area contributed by atoms with Crippen molar-refractivity contribution in [1.82, 2.24) is 10.6 Å². The maximum absolute atomic E-state index is 13.2. The van der Waals surface area contributed by atoms with Gasteiger partial charge in [-0.05, 0) is 23.6 Å². The molecule has 3 aromatic rings. The van der Waals surface area contributed by atoms with E-state index in [2.05, 4.69) is 10.6 Å². The molecule has 0 unspecified atom stereocenters. The van der Waals surface area contributed by atoms with Crippen molar-refractivity contribution in [2.24, 2.45) is 0 Å². The molecular formula is C28H30N2O6. The fraction of sp³-hybridized carbons (Fsp3) is 0.250. The third kappa shape index (κ3) is 7.16. The Kier molecular flexibility index (Phi) is 9.59. The normalized spacial score (nSPS) is 13.2. The molecule has 0 bridgehead atoms. The molecule has 3 N–H and O–H groups in total. The number of rotatable bonds is 10. The Morgan fingerprint density at radius 1 is 0.778 bits per heavy atom. The first-order chi connectivity index (χ1) is 17.4. The largest absolute Gasteiger partial charge is 0.467 e. The number of methoxy groups -OCH3 is 1. The number of esters is 1. The molecule has 8 nitrogen and oxygen atoms in total. The van der Waals surface area contributed by atoms with E-state index >= 15 is 0 Å². The molecule has 3 atom stereocenters. The molecule has 0 aliphatic heterocycles. The maximum atomic E-state index is 13.2. The first-order valence-corrected chi connectivity index (χ1v) is 11.5. The highest BCUT2D eigenvalue weighted by atomic mass is 16.5. The van der Waals surface area contributed by atoms with Crippen molar-refractivity contribution in [2.45, 2.75) is 37.6 Å². The van der Waals surface area contributed by atoms with Gasteiger partial charge in [0.05, 0.1) is 13.2 Å². The van der Waals surface area contributed by atoms with Crippen LogP contribution in [0.1, 0.15) is 29.5 Å². The smallest absolute Gasteiger partial charge is 0.408 e. The summed E-state index contributed by atoms with van der Waals surface area (Å²) in [6.45, 7) is 1.36. The quantitative estimate of drug-likeness (QED) is 0.376. The van der Waals surface area contributed by atoms with E-state index in [4.69, 9.17) is 9.47 Å². The lowest BCUT2D eigenvalue weighted by atomic mass is 9.84. The third-order valence-electron chi connectivity index (χ3n) is 5.65. The molecule has 0 aliphatic carbocycles. The van der Waals surface area contributed by atoms with Gasteiger partial charge in [-0.25, -0.2) is 9.59 Å². The van der Waals surface area contributed by atoms with Crippen molar-refractivity contribution < 1.29 is 29.0 Å². The van der Waals surface area contributed by atoms with Gasteiger partial charge in [-0.3, -0.25) is 4.79 Å². The molecule has 0 aromatic heterocycles. The lowest BCUT2D eigenvalue weighted by Crippen LogP contribution is -2.57. The number of benzene rings is 3. The summed E-state index contributed by atoms with van der Waals surface area (Å²) >= 11 is 0. The minimum atomic E-state index is -1.37. The highest BCUT2D eigenvalue weighted by molar-refractivity contribution is 5.90. The summed E-state index contributed by atoms with van der Waals surface area (Å²) in [6.07, 6.45) is -2.14. The van der Waals surface area contributed by atoms with Gasteiger partial charge in [-0.15, -0.1) is 0 Å². The summed E-state index contributed by atoms with van der Waals surface area (Å²) in [5, 5.41) is 15.3. The number of alkyl carbamates (subject to hydrolysis) is 1. The number of aliphatic hydroxyl groups is 1. The second-order valence-electron chi connectivity index (χ2n) is 8.23. The first kappa shape index (κ1) is 26.4. The van der Waals surface area contributed by atoms with Gasteiger partial charge >= 0.3 is 12.1 Å². The highest BCUT2D eigenvalue weighted by Crippen LogP contribution is 2.29. The standard InChI is InChI=1S/C28H30N2O6/c1-19(31)24(30-28(34)36-18-20-12-6-3-7-13-20)26(32)29-25(27(33)35-2)23(21-14-8-4-9-15-21)22-16-10-5-11-17-22/h3-17,19,23-25,31H,18H2,1-2H3,(H,29,32)(H,30,34)/t19-,24+,25+/m1/s1. The van der Waals surface area contributed by atoms with Gasteiger partial charge in [0.15, 0.2) is 0 Å². The van der Waals surface area contributed by atoms with E-state index < -0.39 is 42.1 Å². The van der Waals surface area contributed by atoms with Crippen LogP contribution in [0.15, 0.2) is 91.0 Å². The van der Waals surface area contributed by atoms with Crippen molar-refractivity contribution in [3.63, 3.8) is 0 Å². The van der Waals surface area contributed by atoms with Gasteiger partial charge in [0.2, 0.25) is 5.91 Å². The van der Waals surface area contributed by atoms with Crippen LogP contribution < -0.4 is 10.6 Å². The van der Waals surface area contributed by atoms with Gasteiger partial charge in [-0.2, -0.15) is 0 Å². The van der Waals surface area contributed by atoms with Crippen molar-refractivity contribution in [3.8, 4) is 0 Å². The van der Waals surface area contributed by atoms with Gasteiger partial charge in [0, 0.05) is 5.92 Å². The Balaban J connectivity index is 1.81. The van der Waals surface area contributed by atoms with E-state index in [1.807, 2.05) is 78.9 Å². The molecule has 36 heavy (non-hydrogen) atoms. The molecular weight excluding hydrogens is 460 g/mol. The van der Waals surface area contributed by atoms with Crippen LogP contribution in [0, 0.1) is 0 Å². The van der Waals surface area contributed by atoms with Crippen molar-refractivity contribution in [1.29, 1.82) is 0 Å². The van der Waals surface area contributed by atoms with Crippen molar-refractivity contribution in [3.05, 3.63) is 108 Å². The number of aliphatic hydroxyl groups excluding tert-OH is 1. The van der Waals surface area contributed by atoms with Crippen LogP contribution >= 0.6 is 0 Å². The molecule has 2 amide bonds. The lowest BCUT2D eigenvalue weighted by Gasteiger charge is -2.29. The summed E-state index contributed by atoms with van der Waals surface area (Å²) < 4.78 is 10.2. The van der Waals surface area contributed by atoms with Crippen LogP contribution in [0.25, 0.3) is 0 Å². The zero-order chi connectivity index (χ0) is 25.9. The van der Waals surface area contributed by atoms with Crippen molar-refractivity contribution in [2.75, 3.05) is 7.11 Å². The number of ether oxygens (including phenoxy) is 2. The Labute approximate surface area is 210 Å². The Morgan fingerprint density at radius 3 is 1.75 bits per heavy atom. The topological polar surface area (TPSA) is 114 Å². The SMILES string of the molecule is COC(=O)[C@@H](NC(=O)[C@@H](NC(=O)OCc1ccccc1)[C@@H](C)O)C(c1ccccc1)c1ccccc1. The fourth-order valence-electron chi connectivity index (χ4n) is 3.84. The van der Waals surface area contributed by atoms with E-state index in [1.54, 1.807) is 12.1 Å². The van der Waals surface area contributed by atoms with E-state index in [9.17, 15) is 19.5 Å². The highest BCUT2D eigenvalue weighted by Gasteiger charge is 2.36. The second kappa shape index (κ2) is 13.1. The van der Waals surface area contributed by atoms with E-state index in [1.165, 1.54) is 14.0 Å². The number of hydrogen-bond donors (Lipinski definition) is 3. The van der Waals surface area contributed by atoms with E-state index in [-0.39, 0.29) is 6.61 Å². The average Bonchev–Trinajstić information content (AvgIpc) is 2.91. The Hall–Kier alpha value is -4.17. The lowest BCUT2D eigenvalue weighted by molar-refractivity contribution is -0.146. The van der Waals surface area contributed by atoms with E-state index in [0.717, 1.165) is 16.7 Å². The summed E-state index contributed by atoms with van der Waals surface area (Å²) in [7, 11) is 1.24. The molecule has 0 aliphatic rings. The minimum Gasteiger partial charge on any atom is -0.467 e. The zero-order valence-corrected chi connectivity index (χ0v) is 20.2. The zero-order valence-electron chi connectivity index (χ0n) is 20.2. The Morgan fingerprint density at radius 2 is 1.28 bits per heavy atom. The molecule has 0 fully saturated rings. The predicted molar refractivity (Wildman–Crippen MR) is 134 cm³/mol. The predicted octanol–water partition coefficient (Wildman–Crippen LogP) is 3.15. The van der Waals surface area contributed by atoms with Gasteiger partial charge in [-0.1, -0.05) is 91.0 Å². The minimum absolute atomic E-state index is 0.00427. The van der Waals surface area contributed by atoms with Crippen LogP contribution in [-0.2, 0) is 25.7 Å². The maximum Gasteiger partial charge on any atom is 0.408 e. The average molecular weight is 491 g/mol. The van der Waals surface area contributed by atoms with Crippen LogP contribution in [-0.4, -0.2) is 48.4 Å². The monoisotopic (exact) mass is 490 g/mol. The van der Waals surface area contributed by atoms with Crippen LogP contribution in [0.4, 0.5) is 4.79 Å². The molecule has 188 valence electrons. The number of nitrogens with one attached hydrogen (secondary N) is 2. The second-order valence-corrected chi connectivity index (χ2v) is 8.23.